The van der Waals surface area contributed by atoms with Crippen molar-refractivity contribution in [1.29, 1.82) is 0 Å². The Bertz CT molecular complexity index is 638. The summed E-state index contributed by atoms with van der Waals surface area (Å²) in [7, 11) is 0. The standard InChI is InChI=1S/C11H9ClN4O/c1-13-10-3-11(4-10)6-15-8(16(11)5-10)2-7(12)14-9(15)17/h2H,3-6H2. The fourth-order valence-electron chi connectivity index (χ4n) is 3.71. The van der Waals surface area contributed by atoms with Gasteiger partial charge in [-0.1, -0.05) is 11.6 Å². The lowest BCUT2D eigenvalue weighted by atomic mass is 9.68. The average Bonchev–Trinajstić information content (AvgIpc) is 2.79. The van der Waals surface area contributed by atoms with E-state index in [9.17, 15) is 4.79 Å². The largest absolute Gasteiger partial charge is 0.350 e. The van der Waals surface area contributed by atoms with E-state index in [-0.39, 0.29) is 21.9 Å². The molecule has 0 N–H and O–H groups in total. The second kappa shape index (κ2) is 2.49. The van der Waals surface area contributed by atoms with Gasteiger partial charge in [0.05, 0.1) is 31.5 Å². The van der Waals surface area contributed by atoms with E-state index in [0.29, 0.717) is 6.54 Å². The van der Waals surface area contributed by atoms with Gasteiger partial charge in [-0.05, 0) is 0 Å². The first-order valence-electron chi connectivity index (χ1n) is 5.51. The molecule has 4 heterocycles. The summed E-state index contributed by atoms with van der Waals surface area (Å²) in [5.74, 6) is 0.832. The van der Waals surface area contributed by atoms with Crippen LogP contribution in [0.1, 0.15) is 12.8 Å². The molecule has 0 amide bonds. The molecule has 5 rings (SSSR count). The summed E-state index contributed by atoms with van der Waals surface area (Å²) < 4.78 is 1.68. The number of hydrogen-bond donors (Lipinski definition) is 0. The molecule has 1 spiro atoms. The third kappa shape index (κ3) is 0.918. The number of fused-ring (bicyclic) bond motifs is 1. The van der Waals surface area contributed by atoms with Gasteiger partial charge >= 0.3 is 5.69 Å². The third-order valence-corrected chi connectivity index (χ3v) is 4.46. The van der Waals surface area contributed by atoms with Crippen LogP contribution in [0.15, 0.2) is 10.9 Å². The Morgan fingerprint density at radius 2 is 2.24 bits per heavy atom. The number of aromatic nitrogens is 2. The lowest BCUT2D eigenvalue weighted by Gasteiger charge is -2.37. The zero-order valence-corrected chi connectivity index (χ0v) is 9.74. The molecule has 0 unspecified atom stereocenters. The van der Waals surface area contributed by atoms with Crippen molar-refractivity contribution in [3.05, 3.63) is 33.1 Å². The Balaban J connectivity index is 1.90. The summed E-state index contributed by atoms with van der Waals surface area (Å²) in [5.41, 5.74) is -0.503. The SMILES string of the molecule is [C-]#[N+]C12CN3c4cc(Cl)nc(=O)n4CC3(C1)C2. The maximum atomic E-state index is 11.8. The quantitative estimate of drug-likeness (QED) is 0.507. The summed E-state index contributed by atoms with van der Waals surface area (Å²) >= 11 is 5.84. The van der Waals surface area contributed by atoms with Crippen LogP contribution in [0.2, 0.25) is 5.15 Å². The molecule has 5 nitrogen and oxygen atoms in total. The number of halogens is 1. The molecule has 1 saturated carbocycles. The van der Waals surface area contributed by atoms with E-state index in [2.05, 4.69) is 14.7 Å². The highest BCUT2D eigenvalue weighted by atomic mass is 35.5. The predicted octanol–water partition coefficient (Wildman–Crippen LogP) is 0.921. The second-order valence-corrected chi connectivity index (χ2v) is 5.69. The van der Waals surface area contributed by atoms with E-state index in [4.69, 9.17) is 18.2 Å². The average molecular weight is 249 g/mol. The van der Waals surface area contributed by atoms with Crippen LogP contribution in [-0.2, 0) is 6.54 Å². The second-order valence-electron chi connectivity index (χ2n) is 5.31. The van der Waals surface area contributed by atoms with Gasteiger partial charge in [-0.3, -0.25) is 4.57 Å². The summed E-state index contributed by atoms with van der Waals surface area (Å²) in [6.45, 7) is 8.64. The van der Waals surface area contributed by atoms with Gasteiger partial charge in [0.15, 0.2) is 0 Å². The summed E-state index contributed by atoms with van der Waals surface area (Å²) in [6, 6.07) is 1.73. The molecule has 6 heteroatoms. The van der Waals surface area contributed by atoms with Crippen LogP contribution in [0, 0.1) is 6.57 Å². The fourth-order valence-corrected chi connectivity index (χ4v) is 3.88. The van der Waals surface area contributed by atoms with E-state index >= 15 is 0 Å². The maximum absolute atomic E-state index is 11.8. The van der Waals surface area contributed by atoms with E-state index < -0.39 is 0 Å². The highest BCUT2D eigenvalue weighted by Crippen LogP contribution is 2.60. The Morgan fingerprint density at radius 1 is 1.47 bits per heavy atom. The van der Waals surface area contributed by atoms with Gasteiger partial charge in [0.25, 0.3) is 5.54 Å². The highest BCUT2D eigenvalue weighted by Gasteiger charge is 2.73. The predicted molar refractivity (Wildman–Crippen MR) is 62.2 cm³/mol. The first-order chi connectivity index (χ1) is 8.07. The number of nitrogens with zero attached hydrogens (tertiary/aromatic N) is 4. The Kier molecular flexibility index (Phi) is 1.39. The van der Waals surface area contributed by atoms with Crippen LogP contribution in [-0.4, -0.2) is 27.2 Å². The molecule has 17 heavy (non-hydrogen) atoms. The smallest absolute Gasteiger partial charge is 0.342 e. The Hall–Kier alpha value is -1.54. The van der Waals surface area contributed by atoms with Gasteiger partial charge in [-0.25, -0.2) is 11.4 Å². The van der Waals surface area contributed by atoms with Crippen molar-refractivity contribution in [2.75, 3.05) is 11.4 Å². The Labute approximate surface area is 102 Å². The molecule has 1 aromatic rings. The molecule has 0 atom stereocenters. The van der Waals surface area contributed by atoms with Crippen molar-refractivity contribution >= 4 is 17.4 Å². The van der Waals surface area contributed by atoms with Gasteiger partial charge in [0, 0.05) is 6.07 Å². The number of anilines is 1. The molecule has 4 aliphatic rings. The van der Waals surface area contributed by atoms with Crippen LogP contribution in [0.4, 0.5) is 5.82 Å². The van der Waals surface area contributed by atoms with E-state index in [1.54, 1.807) is 10.6 Å². The van der Waals surface area contributed by atoms with Crippen molar-refractivity contribution < 1.29 is 0 Å². The first-order valence-corrected chi connectivity index (χ1v) is 5.89. The molecule has 3 aliphatic heterocycles. The van der Waals surface area contributed by atoms with Gasteiger partial charge < -0.3 is 9.74 Å². The molecule has 0 aromatic carbocycles. The van der Waals surface area contributed by atoms with Gasteiger partial charge in [-0.15, -0.1) is 0 Å². The molecule has 2 saturated heterocycles. The third-order valence-electron chi connectivity index (χ3n) is 4.27. The summed E-state index contributed by atoms with van der Waals surface area (Å²) in [6.07, 6.45) is 1.73. The molecule has 86 valence electrons. The highest BCUT2D eigenvalue weighted by molar-refractivity contribution is 6.29. The van der Waals surface area contributed by atoms with E-state index in [1.807, 2.05) is 0 Å². The number of rotatable bonds is 0. The summed E-state index contributed by atoms with van der Waals surface area (Å²) in [4.78, 5) is 21.4. The van der Waals surface area contributed by atoms with Crippen molar-refractivity contribution in [1.82, 2.24) is 9.55 Å². The zero-order chi connectivity index (χ0) is 11.8. The topological polar surface area (TPSA) is 42.5 Å². The van der Waals surface area contributed by atoms with Gasteiger partial charge in [0.2, 0.25) is 0 Å². The minimum atomic E-state index is -0.281. The molecule has 1 aliphatic carbocycles. The Morgan fingerprint density at radius 3 is 2.94 bits per heavy atom. The van der Waals surface area contributed by atoms with Crippen molar-refractivity contribution in [3.8, 4) is 0 Å². The van der Waals surface area contributed by atoms with E-state index in [0.717, 1.165) is 25.2 Å². The molecule has 0 radical (unpaired) electrons. The fraction of sp³-hybridized carbons (Fsp3) is 0.545. The van der Waals surface area contributed by atoms with Crippen molar-refractivity contribution in [2.24, 2.45) is 0 Å². The molecular weight excluding hydrogens is 240 g/mol. The minimum Gasteiger partial charge on any atom is -0.342 e. The van der Waals surface area contributed by atoms with Crippen LogP contribution in [0.25, 0.3) is 4.85 Å². The number of hydrogen-bond acceptors (Lipinski definition) is 3. The zero-order valence-electron chi connectivity index (χ0n) is 8.98. The molecule has 3 fully saturated rings. The minimum absolute atomic E-state index is 0.0108. The van der Waals surface area contributed by atoms with Crippen molar-refractivity contribution in [3.63, 3.8) is 0 Å². The van der Waals surface area contributed by atoms with Crippen molar-refractivity contribution in [2.45, 2.75) is 30.5 Å². The lowest BCUT2D eigenvalue weighted by Crippen LogP contribution is -2.51. The molecule has 2 bridgehead atoms. The van der Waals surface area contributed by atoms with Crippen LogP contribution >= 0.6 is 11.6 Å². The lowest BCUT2D eigenvalue weighted by molar-refractivity contribution is 0.224. The van der Waals surface area contributed by atoms with Gasteiger partial charge in [-0.2, -0.15) is 4.98 Å². The van der Waals surface area contributed by atoms with Gasteiger partial charge in [0.1, 0.15) is 11.0 Å². The monoisotopic (exact) mass is 248 g/mol. The summed E-state index contributed by atoms with van der Waals surface area (Å²) in [5, 5.41) is 0.235. The van der Waals surface area contributed by atoms with E-state index in [1.165, 1.54) is 0 Å². The van der Waals surface area contributed by atoms with Crippen LogP contribution in [0.3, 0.4) is 0 Å². The maximum Gasteiger partial charge on any atom is 0.350 e. The molecular formula is C11H9ClN4O. The van der Waals surface area contributed by atoms with Crippen LogP contribution in [0.5, 0.6) is 0 Å². The molecule has 1 aromatic heterocycles. The van der Waals surface area contributed by atoms with Crippen LogP contribution < -0.4 is 10.6 Å². The first kappa shape index (κ1) is 9.49. The normalized spacial score (nSPS) is 36.1.